The van der Waals surface area contributed by atoms with Crippen LogP contribution in [-0.4, -0.2) is 5.97 Å². The van der Waals surface area contributed by atoms with Crippen LogP contribution in [0.3, 0.4) is 0 Å². The predicted octanol–water partition coefficient (Wildman–Crippen LogP) is -1.02. The van der Waals surface area contributed by atoms with Gasteiger partial charge in [-0.3, -0.25) is 0 Å². The lowest BCUT2D eigenvalue weighted by atomic mass is 10.3. The first-order valence-corrected chi connectivity index (χ1v) is 3.31. The smallest absolute Gasteiger partial charge is 0.189 e. The Bertz CT molecular complexity index is 219. The number of hydrogen-bond donors (Lipinski definition) is 1. The Balaban J connectivity index is 0.000000261. The molecule has 0 saturated heterocycles. The van der Waals surface area contributed by atoms with Gasteiger partial charge in [0, 0.05) is 5.97 Å². The van der Waals surface area contributed by atoms with Gasteiger partial charge >= 0.3 is 0 Å². The molecule has 0 aliphatic heterocycles. The summed E-state index contributed by atoms with van der Waals surface area (Å²) in [6, 6.07) is 9.45. The number of para-hydroxylation sites is 1. The van der Waals surface area contributed by atoms with Gasteiger partial charge in [-0.05, 0) is 19.1 Å². The molecule has 4 nitrogen and oxygen atoms in total. The van der Waals surface area contributed by atoms with Crippen molar-refractivity contribution in [2.45, 2.75) is 6.92 Å². The molecule has 1 aromatic carbocycles. The van der Waals surface area contributed by atoms with Gasteiger partial charge in [0.25, 0.3) is 0 Å². The van der Waals surface area contributed by atoms with Gasteiger partial charge in [-0.1, -0.05) is 18.2 Å². The molecule has 0 fully saturated rings. The number of carbonyl (C=O) groups is 1. The fourth-order valence-corrected chi connectivity index (χ4v) is 0.517. The van der Waals surface area contributed by atoms with E-state index in [-0.39, 0.29) is 0 Å². The van der Waals surface area contributed by atoms with Crippen molar-refractivity contribution in [1.82, 2.24) is 0 Å². The first-order chi connectivity index (χ1) is 5.66. The molecule has 3 N–H and O–H groups in total. The van der Waals surface area contributed by atoms with Gasteiger partial charge in [0.1, 0.15) is 0 Å². The Labute approximate surface area is 70.5 Å². The Kier molecular flexibility index (Phi) is 5.38. The third-order valence-corrected chi connectivity index (χ3v) is 0.910. The van der Waals surface area contributed by atoms with Crippen molar-refractivity contribution in [2.75, 3.05) is 0 Å². The quantitative estimate of drug-likeness (QED) is 0.546. The lowest BCUT2D eigenvalue weighted by Crippen LogP contribution is -2.53. The van der Waals surface area contributed by atoms with E-state index in [0.29, 0.717) is 0 Å². The van der Waals surface area contributed by atoms with Crippen molar-refractivity contribution >= 4 is 5.97 Å². The fourth-order valence-electron chi connectivity index (χ4n) is 0.517. The van der Waals surface area contributed by atoms with Gasteiger partial charge in [-0.2, -0.15) is 5.90 Å². The SMILES string of the molecule is CC(=O)[O-].[NH3+]Oc1ccccc1. The van der Waals surface area contributed by atoms with Gasteiger partial charge in [-0.25, -0.2) is 0 Å². The Morgan fingerprint density at radius 3 is 2.08 bits per heavy atom. The molecule has 0 unspecified atom stereocenters. The fraction of sp³-hybridized carbons (Fsp3) is 0.125. The van der Waals surface area contributed by atoms with Crippen molar-refractivity contribution < 1.29 is 20.6 Å². The Morgan fingerprint density at radius 1 is 1.42 bits per heavy atom. The van der Waals surface area contributed by atoms with Gasteiger partial charge in [-0.15, -0.1) is 0 Å². The van der Waals surface area contributed by atoms with E-state index in [4.69, 9.17) is 9.90 Å². The summed E-state index contributed by atoms with van der Waals surface area (Å²) in [5, 5.41) is 8.89. The minimum absolute atomic E-state index is 0.799. The first-order valence-electron chi connectivity index (χ1n) is 3.31. The first kappa shape index (κ1) is 10.4. The van der Waals surface area contributed by atoms with E-state index in [0.717, 1.165) is 12.7 Å². The van der Waals surface area contributed by atoms with Crippen LogP contribution in [0.4, 0.5) is 0 Å². The van der Waals surface area contributed by atoms with Crippen LogP contribution in [0.15, 0.2) is 30.3 Å². The molecular formula is C8H11NO3. The van der Waals surface area contributed by atoms with Crippen LogP contribution in [0.5, 0.6) is 5.75 Å². The normalized spacial score (nSPS) is 7.83. The lowest BCUT2D eigenvalue weighted by molar-refractivity contribution is -0.635. The second kappa shape index (κ2) is 6.18. The zero-order valence-corrected chi connectivity index (χ0v) is 6.82. The highest BCUT2D eigenvalue weighted by molar-refractivity contribution is 5.60. The zero-order chi connectivity index (χ0) is 9.40. The molecule has 0 radical (unpaired) electrons. The summed E-state index contributed by atoms with van der Waals surface area (Å²) >= 11 is 0. The summed E-state index contributed by atoms with van der Waals surface area (Å²) < 4.78 is 0. The molecule has 66 valence electrons. The van der Waals surface area contributed by atoms with Gasteiger partial charge < -0.3 is 14.7 Å². The van der Waals surface area contributed by atoms with E-state index in [2.05, 4.69) is 10.7 Å². The van der Waals surface area contributed by atoms with E-state index in [1.807, 2.05) is 30.3 Å². The average Bonchev–Trinajstić information content (AvgIpc) is 2.05. The van der Waals surface area contributed by atoms with Crippen molar-refractivity contribution in [3.8, 4) is 5.75 Å². The number of rotatable bonds is 1. The highest BCUT2D eigenvalue weighted by Gasteiger charge is 1.84. The van der Waals surface area contributed by atoms with Crippen LogP contribution < -0.4 is 15.8 Å². The summed E-state index contributed by atoms with van der Waals surface area (Å²) in [5.41, 5.74) is 0. The zero-order valence-electron chi connectivity index (χ0n) is 6.82. The molecule has 0 heterocycles. The summed E-state index contributed by atoms with van der Waals surface area (Å²) in [6.07, 6.45) is 0. The second-order valence-electron chi connectivity index (χ2n) is 1.95. The number of benzene rings is 1. The second-order valence-corrected chi connectivity index (χ2v) is 1.95. The average molecular weight is 169 g/mol. The summed E-state index contributed by atoms with van der Waals surface area (Å²) in [7, 11) is 0. The van der Waals surface area contributed by atoms with Gasteiger partial charge in [0.2, 0.25) is 0 Å². The number of carboxylic acids is 1. The molecule has 0 aromatic heterocycles. The molecule has 0 bridgehead atoms. The predicted molar refractivity (Wildman–Crippen MR) is 40.6 cm³/mol. The monoisotopic (exact) mass is 169 g/mol. The van der Waals surface area contributed by atoms with Crippen molar-refractivity contribution in [3.05, 3.63) is 30.3 Å². The minimum atomic E-state index is -1.08. The summed E-state index contributed by atoms with van der Waals surface area (Å²) in [5.74, 6) is 2.97. The molecule has 1 rings (SSSR count). The maximum atomic E-state index is 8.89. The van der Waals surface area contributed by atoms with E-state index < -0.39 is 5.97 Å². The van der Waals surface area contributed by atoms with Crippen molar-refractivity contribution in [3.63, 3.8) is 0 Å². The lowest BCUT2D eigenvalue weighted by Gasteiger charge is -1.88. The molecule has 4 heteroatoms. The number of carbonyl (C=O) groups excluding carboxylic acids is 1. The van der Waals surface area contributed by atoms with E-state index in [1.54, 1.807) is 0 Å². The van der Waals surface area contributed by atoms with Crippen molar-refractivity contribution in [1.29, 1.82) is 0 Å². The number of hydrogen-bond acceptors (Lipinski definition) is 3. The van der Waals surface area contributed by atoms with E-state index in [1.165, 1.54) is 0 Å². The highest BCUT2D eigenvalue weighted by atomic mass is 16.6. The Hall–Kier alpha value is -1.55. The van der Waals surface area contributed by atoms with Crippen LogP contribution >= 0.6 is 0 Å². The van der Waals surface area contributed by atoms with Crippen LogP contribution in [0, 0.1) is 0 Å². The molecule has 12 heavy (non-hydrogen) atoms. The Morgan fingerprint density at radius 2 is 1.83 bits per heavy atom. The minimum Gasteiger partial charge on any atom is -0.550 e. The largest absolute Gasteiger partial charge is 0.550 e. The molecule has 0 amide bonds. The van der Waals surface area contributed by atoms with Gasteiger partial charge in [0.15, 0.2) is 5.75 Å². The van der Waals surface area contributed by atoms with Crippen LogP contribution in [0.1, 0.15) is 6.92 Å². The summed E-state index contributed by atoms with van der Waals surface area (Å²) in [6.45, 7) is 0.972. The number of aliphatic carboxylic acids is 1. The van der Waals surface area contributed by atoms with E-state index >= 15 is 0 Å². The molecular weight excluding hydrogens is 158 g/mol. The van der Waals surface area contributed by atoms with Crippen LogP contribution in [0.2, 0.25) is 0 Å². The number of carboxylic acid groups (broad SMARTS) is 1. The van der Waals surface area contributed by atoms with Crippen molar-refractivity contribution in [2.24, 2.45) is 0 Å². The maximum Gasteiger partial charge on any atom is 0.189 e. The van der Waals surface area contributed by atoms with Gasteiger partial charge in [0.05, 0.1) is 0 Å². The molecule has 0 aliphatic rings. The van der Waals surface area contributed by atoms with E-state index in [9.17, 15) is 0 Å². The topological polar surface area (TPSA) is 77.0 Å². The third kappa shape index (κ3) is 6.57. The maximum absolute atomic E-state index is 8.89. The highest BCUT2D eigenvalue weighted by Crippen LogP contribution is 2.03. The van der Waals surface area contributed by atoms with Crippen LogP contribution in [-0.2, 0) is 4.79 Å². The molecule has 0 aliphatic carbocycles. The molecule has 0 saturated carbocycles. The molecule has 1 aromatic rings. The third-order valence-electron chi connectivity index (χ3n) is 0.910. The summed E-state index contributed by atoms with van der Waals surface area (Å²) in [4.78, 5) is 13.6. The standard InChI is InChI=1S/C6H8NO.C2H4O2/c7-8-6-4-2-1-3-5-6;1-2(3)4/h1-5H,7H3;1H3,(H,3,4)/q+1;/p-1. The molecule has 0 spiro atoms. The van der Waals surface area contributed by atoms with Crippen LogP contribution in [0.25, 0.3) is 0 Å². The number of quaternary nitrogens is 1. The molecule has 0 atom stereocenters.